The van der Waals surface area contributed by atoms with E-state index in [2.05, 4.69) is 36.9 Å². The van der Waals surface area contributed by atoms with Gasteiger partial charge in [-0.15, -0.1) is 11.8 Å². The van der Waals surface area contributed by atoms with Gasteiger partial charge in [0.05, 0.1) is 23.2 Å². The first-order valence-electron chi connectivity index (χ1n) is 26.4. The van der Waals surface area contributed by atoms with Crippen molar-refractivity contribution < 1.29 is 52.6 Å². The molecule has 4 aromatic carbocycles. The molecule has 0 unspecified atom stereocenters. The Bertz CT molecular complexity index is 2850. The number of aliphatic imine (C=N–C) groups is 1. The van der Waals surface area contributed by atoms with Crippen molar-refractivity contribution in [1.82, 2.24) is 36.8 Å². The summed E-state index contributed by atoms with van der Waals surface area (Å²) in [6.45, 7) is 7.48. The summed E-state index contributed by atoms with van der Waals surface area (Å²) in [5, 5.41) is 15.6. The Morgan fingerprint density at radius 2 is 1.36 bits per heavy atom. The maximum Gasteiger partial charge on any atom is 0.411 e. The van der Waals surface area contributed by atoms with E-state index in [4.69, 9.17) is 15.2 Å². The number of para-hydroxylation sites is 1. The topological polar surface area (TPSA) is 286 Å². The van der Waals surface area contributed by atoms with Crippen LogP contribution in [0.25, 0.3) is 11.1 Å². The zero-order valence-corrected chi connectivity index (χ0v) is 47.8. The predicted octanol–water partition coefficient (Wildman–Crippen LogP) is 5.03. The van der Waals surface area contributed by atoms with Gasteiger partial charge in [-0.25, -0.2) is 9.59 Å². The van der Waals surface area contributed by atoms with E-state index in [1.807, 2.05) is 73.7 Å². The Kier molecular flexibility index (Phi) is 23.8. The van der Waals surface area contributed by atoms with Crippen molar-refractivity contribution in [2.45, 2.75) is 114 Å². The van der Waals surface area contributed by atoms with Gasteiger partial charge in [-0.1, -0.05) is 126 Å². The summed E-state index contributed by atoms with van der Waals surface area (Å²) in [5.74, 6) is -4.12. The fraction of sp³-hybridized carbons (Fsp3) is 0.404. The molecule has 23 heteroatoms. The Labute approximate surface area is 477 Å². The highest BCUT2D eigenvalue weighted by atomic mass is 33.1. The van der Waals surface area contributed by atoms with Gasteiger partial charge in [-0.2, -0.15) is 0 Å². The number of Topliss-reactive ketones (excluding diaryl/α,β-unsaturated/α-hetero) is 1. The van der Waals surface area contributed by atoms with Crippen LogP contribution in [-0.4, -0.2) is 137 Å². The van der Waals surface area contributed by atoms with Gasteiger partial charge in [0.25, 0.3) is 0 Å². The van der Waals surface area contributed by atoms with Crippen LogP contribution in [-0.2, 0) is 49.5 Å². The molecule has 426 valence electrons. The SMILES string of the molecule is CCSSc1ccccc1OC(=O)[C@H](Cc1ccccc1)NC(=O)CNC(=O)[C@H](CC)NC(=O)[C@H](CCCN=C(C)N)NC(=O)[C@H](CC(C)=O)NC(=O)[C@H](C)NC(=O)[C@@H]1CSCN1C(=O)OCC1c2ccccc2-c2ccccc21. The van der Waals surface area contributed by atoms with Gasteiger partial charge < -0.3 is 47.1 Å². The first-order valence-corrected chi connectivity index (χ1v) is 29.8. The van der Waals surface area contributed by atoms with Crippen molar-refractivity contribution in [1.29, 1.82) is 0 Å². The van der Waals surface area contributed by atoms with E-state index in [9.17, 15) is 43.2 Å². The van der Waals surface area contributed by atoms with E-state index in [1.54, 1.807) is 61.0 Å². The van der Waals surface area contributed by atoms with Gasteiger partial charge in [0.1, 0.15) is 54.4 Å². The molecule has 0 saturated carbocycles. The van der Waals surface area contributed by atoms with Gasteiger partial charge in [0, 0.05) is 36.8 Å². The fourth-order valence-electron chi connectivity index (χ4n) is 8.89. The Morgan fingerprint density at radius 3 is 2.02 bits per heavy atom. The summed E-state index contributed by atoms with van der Waals surface area (Å²) in [6, 6.07) is 24.5. The number of amides is 7. The number of thioether (sulfide) groups is 1. The molecule has 0 spiro atoms. The van der Waals surface area contributed by atoms with Crippen LogP contribution in [0, 0.1) is 0 Å². The summed E-state index contributed by atoms with van der Waals surface area (Å²) in [7, 11) is 3.03. The normalized spacial score (nSPS) is 15.6. The molecule has 8 N–H and O–H groups in total. The third kappa shape index (κ3) is 17.8. The molecule has 0 aromatic heterocycles. The van der Waals surface area contributed by atoms with Gasteiger partial charge in [-0.05, 0) is 80.0 Å². The second-order valence-electron chi connectivity index (χ2n) is 19.1. The van der Waals surface area contributed by atoms with Crippen molar-refractivity contribution in [3.05, 3.63) is 120 Å². The Morgan fingerprint density at radius 1 is 0.738 bits per heavy atom. The number of hydrogen-bond donors (Lipinski definition) is 7. The van der Waals surface area contributed by atoms with Crippen molar-refractivity contribution in [3.63, 3.8) is 0 Å². The van der Waals surface area contributed by atoms with Crippen molar-refractivity contribution in [2.75, 3.05) is 37.1 Å². The van der Waals surface area contributed by atoms with Crippen molar-refractivity contribution in [2.24, 2.45) is 10.7 Å². The molecular formula is C57H69N9O11S3. The van der Waals surface area contributed by atoms with Gasteiger partial charge >= 0.3 is 12.1 Å². The lowest BCUT2D eigenvalue weighted by molar-refractivity contribution is -0.139. The average Bonchev–Trinajstić information content (AvgIpc) is 4.12. The zero-order valence-electron chi connectivity index (χ0n) is 45.3. The summed E-state index contributed by atoms with van der Waals surface area (Å²) in [4.78, 5) is 128. The van der Waals surface area contributed by atoms with Crippen LogP contribution < -0.4 is 42.4 Å². The molecule has 0 bridgehead atoms. The van der Waals surface area contributed by atoms with Gasteiger partial charge in [-0.3, -0.25) is 43.5 Å². The maximum absolute atomic E-state index is 14.0. The monoisotopic (exact) mass is 1150 g/mol. The number of amidine groups is 1. The standard InChI is InChI=1S/C57H69N9O11S3/c1-6-43(52(70)60-30-50(68)62-46(29-37-18-9-8-10-19-37)56(74)77-48-25-15-16-26-49(48)80-79-7-2)63-53(71)44(24-17-27-59-36(5)58)64-54(72)45(28-34(3)67)65-51(69)35(4)61-55(73)47-32-78-33-66(47)57(75)76-31-42-40-22-13-11-20-38(40)39-21-12-14-23-41(39)42/h8-16,18-23,25-26,35,42-47H,6-7,17,24,27-33H2,1-5H3,(H2,58,59)(H,60,70)(H,61,73)(H,62,68)(H,63,71)(H,64,72)(H,65,69)/t35-,43-,44-,45-,46-,47-/m0/s1. The molecule has 2 aliphatic rings. The maximum atomic E-state index is 14.0. The first-order chi connectivity index (χ1) is 38.5. The summed E-state index contributed by atoms with van der Waals surface area (Å²) >= 11 is 1.34. The number of rotatable bonds is 28. The lowest BCUT2D eigenvalue weighted by atomic mass is 9.98. The molecule has 0 radical (unpaired) electrons. The lowest BCUT2D eigenvalue weighted by Gasteiger charge is -2.26. The van der Waals surface area contributed by atoms with E-state index in [0.717, 1.165) is 38.5 Å². The molecule has 1 saturated heterocycles. The summed E-state index contributed by atoms with van der Waals surface area (Å²) in [5.41, 5.74) is 10.7. The summed E-state index contributed by atoms with van der Waals surface area (Å²) < 4.78 is 11.6. The van der Waals surface area contributed by atoms with E-state index < -0.39 is 103 Å². The predicted molar refractivity (Wildman–Crippen MR) is 310 cm³/mol. The van der Waals surface area contributed by atoms with Crippen LogP contribution in [0.4, 0.5) is 4.79 Å². The number of nitrogens with two attached hydrogens (primary N) is 1. The molecule has 6 rings (SSSR count). The first kappa shape index (κ1) is 61.8. The minimum absolute atomic E-state index is 0.0128. The molecule has 1 aliphatic heterocycles. The van der Waals surface area contributed by atoms with Crippen LogP contribution in [0.2, 0.25) is 0 Å². The second-order valence-corrected chi connectivity index (χ2v) is 22.7. The zero-order chi connectivity index (χ0) is 57.7. The largest absolute Gasteiger partial charge is 0.448 e. The Balaban J connectivity index is 1.04. The fourth-order valence-corrected chi connectivity index (χ4v) is 11.7. The quantitative estimate of drug-likeness (QED) is 0.00981. The van der Waals surface area contributed by atoms with Gasteiger partial charge in [0.15, 0.2) is 0 Å². The second kappa shape index (κ2) is 30.8. The van der Waals surface area contributed by atoms with Crippen LogP contribution in [0.3, 0.4) is 0 Å². The number of carbonyl (C=O) groups is 9. The molecule has 1 fully saturated rings. The number of carbonyl (C=O) groups excluding carboxylic acids is 9. The number of nitrogens with zero attached hydrogens (tertiary/aromatic N) is 2. The molecular weight excluding hydrogens is 1080 g/mol. The smallest absolute Gasteiger partial charge is 0.411 e. The number of fused-ring (bicyclic) bond motifs is 3. The average molecular weight is 1150 g/mol. The van der Waals surface area contributed by atoms with Crippen LogP contribution in [0.1, 0.15) is 82.9 Å². The van der Waals surface area contributed by atoms with Crippen LogP contribution in [0.5, 0.6) is 5.75 Å². The Hall–Kier alpha value is -7.37. The summed E-state index contributed by atoms with van der Waals surface area (Å²) in [6.07, 6.45) is -0.788. The van der Waals surface area contributed by atoms with Gasteiger partial charge in [0.2, 0.25) is 35.4 Å². The third-order valence-electron chi connectivity index (χ3n) is 13.0. The highest BCUT2D eigenvalue weighted by molar-refractivity contribution is 8.76. The van der Waals surface area contributed by atoms with Crippen molar-refractivity contribution >= 4 is 92.5 Å². The number of esters is 1. The molecule has 80 heavy (non-hydrogen) atoms. The number of benzene rings is 4. The molecule has 1 heterocycles. The lowest BCUT2D eigenvalue weighted by Crippen LogP contribution is -2.59. The number of ketones is 1. The number of nitrogens with one attached hydrogen (secondary N) is 6. The molecule has 1 aliphatic carbocycles. The molecule has 6 atom stereocenters. The number of ether oxygens (including phenoxy) is 2. The third-order valence-corrected chi connectivity index (χ3v) is 16.5. The highest BCUT2D eigenvalue weighted by Gasteiger charge is 2.39. The van der Waals surface area contributed by atoms with Crippen LogP contribution >= 0.6 is 33.3 Å². The van der Waals surface area contributed by atoms with E-state index >= 15 is 0 Å². The molecule has 20 nitrogen and oxygen atoms in total. The molecule has 4 aromatic rings. The minimum Gasteiger partial charge on any atom is -0.448 e. The highest BCUT2D eigenvalue weighted by Crippen LogP contribution is 2.44. The van der Waals surface area contributed by atoms with Crippen molar-refractivity contribution in [3.8, 4) is 16.9 Å². The molecule has 7 amide bonds. The van der Waals surface area contributed by atoms with E-state index in [-0.39, 0.29) is 62.2 Å². The number of hydrogen-bond acceptors (Lipinski definition) is 15. The van der Waals surface area contributed by atoms with E-state index in [0.29, 0.717) is 5.75 Å². The minimum atomic E-state index is -1.50. The van der Waals surface area contributed by atoms with Crippen LogP contribution in [0.15, 0.2) is 113 Å². The van der Waals surface area contributed by atoms with E-state index in [1.165, 1.54) is 41.3 Å².